The van der Waals surface area contributed by atoms with E-state index < -0.39 is 17.6 Å². The lowest BCUT2D eigenvalue weighted by molar-refractivity contribution is 0.0391. The molecule has 3 aromatic rings. The van der Waals surface area contributed by atoms with Crippen LogP contribution in [0.1, 0.15) is 20.7 Å². The van der Waals surface area contributed by atoms with Crippen LogP contribution >= 0.6 is 0 Å². The van der Waals surface area contributed by atoms with Gasteiger partial charge in [-0.1, -0.05) is 6.58 Å². The van der Waals surface area contributed by atoms with Gasteiger partial charge in [-0.15, -0.1) is 0 Å². The number of carbonyl (C=O) groups is 2. The van der Waals surface area contributed by atoms with Gasteiger partial charge in [0, 0.05) is 16.2 Å². The largest absolute Gasteiger partial charge is 0.423 e. The Balaban J connectivity index is 2.45. The van der Waals surface area contributed by atoms with Gasteiger partial charge in [0.15, 0.2) is 0 Å². The maximum atomic E-state index is 11.9. The molecule has 0 fully saturated rings. The minimum Gasteiger partial charge on any atom is -0.423 e. The molecular weight excluding hydrogens is 260 g/mol. The fourth-order valence-electron chi connectivity index (χ4n) is 2.65. The van der Waals surface area contributed by atoms with E-state index in [-0.39, 0.29) is 16.5 Å². The van der Waals surface area contributed by atoms with Gasteiger partial charge in [-0.3, -0.25) is 0 Å². The highest BCUT2D eigenvalue weighted by atomic mass is 16.6. The van der Waals surface area contributed by atoms with Gasteiger partial charge in [-0.05, 0) is 24.3 Å². The summed E-state index contributed by atoms with van der Waals surface area (Å²) in [6, 6.07) is 6.15. The minimum absolute atomic E-state index is 0.206. The molecule has 0 N–H and O–H groups in total. The van der Waals surface area contributed by atoms with Crippen LogP contribution in [0.2, 0.25) is 0 Å². The van der Waals surface area contributed by atoms with Crippen LogP contribution in [-0.4, -0.2) is 11.9 Å². The summed E-state index contributed by atoms with van der Waals surface area (Å²) in [6.45, 7) is 3.69. The van der Waals surface area contributed by atoms with Crippen molar-refractivity contribution in [1.82, 2.24) is 0 Å². The number of cyclic esters (lactones) is 2. The maximum absolute atomic E-state index is 11.9. The van der Waals surface area contributed by atoms with Crippen LogP contribution in [0.4, 0.5) is 0 Å². The Morgan fingerprint density at radius 1 is 0.800 bits per heavy atom. The van der Waals surface area contributed by atoms with Gasteiger partial charge < -0.3 is 9.15 Å². The summed E-state index contributed by atoms with van der Waals surface area (Å²) >= 11 is 0. The highest BCUT2D eigenvalue weighted by Crippen LogP contribution is 2.32. The second-order valence-corrected chi connectivity index (χ2v) is 4.56. The van der Waals surface area contributed by atoms with E-state index in [0.717, 1.165) is 0 Å². The molecule has 5 nitrogen and oxygen atoms in total. The predicted octanol–water partition coefficient (Wildman–Crippen LogP) is 1.39. The molecular formula is C15H6O5. The maximum Gasteiger partial charge on any atom is 0.346 e. The summed E-state index contributed by atoms with van der Waals surface area (Å²) in [5, 5.41) is 1.86. The summed E-state index contributed by atoms with van der Waals surface area (Å²) < 4.78 is 9.72. The van der Waals surface area contributed by atoms with E-state index in [9.17, 15) is 14.4 Å². The Morgan fingerprint density at radius 3 is 2.05 bits per heavy atom. The van der Waals surface area contributed by atoms with Gasteiger partial charge in [-0.2, -0.15) is 0 Å². The molecule has 4 rings (SSSR count). The summed E-state index contributed by atoms with van der Waals surface area (Å²) in [5.41, 5.74) is 0.195. The zero-order valence-electron chi connectivity index (χ0n) is 10.1. The molecule has 20 heavy (non-hydrogen) atoms. The van der Waals surface area contributed by atoms with Gasteiger partial charge in [0.05, 0.1) is 16.5 Å². The van der Waals surface area contributed by atoms with E-state index in [0.29, 0.717) is 21.5 Å². The Kier molecular flexibility index (Phi) is 1.82. The van der Waals surface area contributed by atoms with Crippen LogP contribution in [-0.2, 0) is 4.74 Å². The van der Waals surface area contributed by atoms with Gasteiger partial charge in [0.2, 0.25) is 0 Å². The number of ether oxygens (including phenoxy) is 1. The monoisotopic (exact) mass is 266 g/mol. The lowest BCUT2D eigenvalue weighted by atomic mass is 9.93. The van der Waals surface area contributed by atoms with Gasteiger partial charge in [0.1, 0.15) is 5.42 Å². The predicted molar refractivity (Wildman–Crippen MR) is 70.5 cm³/mol. The average Bonchev–Trinajstić information content (AvgIpc) is 2.42. The first kappa shape index (κ1) is 10.9. The molecule has 0 bridgehead atoms. The topological polar surface area (TPSA) is 73.6 Å². The third-order valence-corrected chi connectivity index (χ3v) is 3.52. The normalized spacial score (nSPS) is 14.0. The zero-order valence-corrected chi connectivity index (χ0v) is 10.1. The first-order valence-electron chi connectivity index (χ1n) is 5.85. The van der Waals surface area contributed by atoms with Crippen molar-refractivity contribution in [3.05, 3.63) is 51.2 Å². The number of carbonyl (C=O) groups excluding carboxylic acids is 2. The number of hydrogen-bond acceptors (Lipinski definition) is 5. The number of rotatable bonds is 0. The van der Waals surface area contributed by atoms with Crippen molar-refractivity contribution in [2.75, 3.05) is 0 Å². The Hall–Kier alpha value is -2.95. The van der Waals surface area contributed by atoms with E-state index >= 15 is 0 Å². The molecule has 96 valence electrons. The zero-order chi connectivity index (χ0) is 14.0. The van der Waals surface area contributed by atoms with Crippen LogP contribution in [0.5, 0.6) is 0 Å². The first-order chi connectivity index (χ1) is 9.58. The lowest BCUT2D eigenvalue weighted by Gasteiger charge is -2.16. The second-order valence-electron chi connectivity index (χ2n) is 4.56. The summed E-state index contributed by atoms with van der Waals surface area (Å²) in [7, 11) is 0. The van der Waals surface area contributed by atoms with Crippen molar-refractivity contribution in [2.45, 2.75) is 0 Å². The summed E-state index contributed by atoms with van der Waals surface area (Å²) in [4.78, 5) is 35.5. The van der Waals surface area contributed by atoms with Crippen LogP contribution in [0, 0.1) is 0 Å². The molecule has 0 unspecified atom stereocenters. The van der Waals surface area contributed by atoms with Crippen molar-refractivity contribution in [3.8, 4) is 0 Å². The van der Waals surface area contributed by atoms with Crippen LogP contribution in [0.3, 0.4) is 0 Å². The average molecular weight is 266 g/mol. The van der Waals surface area contributed by atoms with E-state index in [1.54, 1.807) is 12.1 Å². The molecule has 1 aromatic heterocycles. The number of esters is 2. The van der Waals surface area contributed by atoms with Crippen LogP contribution < -0.4 is 11.0 Å². The summed E-state index contributed by atoms with van der Waals surface area (Å²) in [5.74, 6) is -1.42. The standard InChI is InChI=1S/C15H6O5/c1-6-7-2-3-9-12-10(15(18)20-14(9)17)5-4-8(11(7)12)13(16)19-6/h2-5H,1H2. The lowest BCUT2D eigenvalue weighted by Crippen LogP contribution is -2.21. The van der Waals surface area contributed by atoms with Gasteiger partial charge >= 0.3 is 17.6 Å². The molecule has 0 spiro atoms. The SMILES string of the molecule is C=c1oc(=O)c2ccc3c4c(ccc1c42)C(=O)OC3=O. The van der Waals surface area contributed by atoms with E-state index in [4.69, 9.17) is 4.42 Å². The smallest absolute Gasteiger partial charge is 0.346 e. The molecule has 0 atom stereocenters. The van der Waals surface area contributed by atoms with Crippen molar-refractivity contribution >= 4 is 40.1 Å². The van der Waals surface area contributed by atoms with Crippen molar-refractivity contribution in [1.29, 1.82) is 0 Å². The molecule has 5 heteroatoms. The number of hydrogen-bond donors (Lipinski definition) is 0. The van der Waals surface area contributed by atoms with Crippen molar-refractivity contribution < 1.29 is 18.7 Å². The molecule has 0 saturated carbocycles. The molecule has 2 aromatic carbocycles. The molecule has 0 radical (unpaired) electrons. The molecule has 0 aliphatic carbocycles. The third kappa shape index (κ3) is 1.14. The molecule has 1 aliphatic heterocycles. The minimum atomic E-state index is -0.712. The first-order valence-corrected chi connectivity index (χ1v) is 5.85. The van der Waals surface area contributed by atoms with Crippen molar-refractivity contribution in [3.63, 3.8) is 0 Å². The highest BCUT2D eigenvalue weighted by Gasteiger charge is 2.29. The van der Waals surface area contributed by atoms with E-state index in [2.05, 4.69) is 11.3 Å². The fraction of sp³-hybridized carbons (Fsp3) is 0. The highest BCUT2D eigenvalue weighted by molar-refractivity contribution is 6.26. The molecule has 0 amide bonds. The Labute approximate surface area is 111 Å². The Morgan fingerprint density at radius 2 is 1.40 bits per heavy atom. The fourth-order valence-corrected chi connectivity index (χ4v) is 2.65. The Bertz CT molecular complexity index is 964. The molecule has 2 heterocycles. The van der Waals surface area contributed by atoms with Gasteiger partial charge in [-0.25, -0.2) is 14.4 Å². The molecule has 0 saturated heterocycles. The third-order valence-electron chi connectivity index (χ3n) is 3.52. The van der Waals surface area contributed by atoms with Crippen molar-refractivity contribution in [2.24, 2.45) is 0 Å². The summed E-state index contributed by atoms with van der Waals surface area (Å²) in [6.07, 6.45) is 0. The number of benzene rings is 2. The quantitative estimate of drug-likeness (QED) is 0.454. The van der Waals surface area contributed by atoms with Crippen LogP contribution in [0.25, 0.3) is 28.1 Å². The van der Waals surface area contributed by atoms with Gasteiger partial charge in [0.25, 0.3) is 0 Å². The van der Waals surface area contributed by atoms with E-state index in [1.165, 1.54) is 12.1 Å². The second kappa shape index (κ2) is 3.33. The van der Waals surface area contributed by atoms with E-state index in [1.807, 2.05) is 0 Å². The van der Waals surface area contributed by atoms with Crippen LogP contribution in [0.15, 0.2) is 33.5 Å². The molecule has 1 aliphatic rings.